The lowest BCUT2D eigenvalue weighted by atomic mass is 10.1. The van der Waals surface area contributed by atoms with Gasteiger partial charge in [0.25, 0.3) is 0 Å². The fraction of sp³-hybridized carbons (Fsp3) is 0.522. The minimum absolute atomic E-state index is 0.0376. The lowest BCUT2D eigenvalue weighted by molar-refractivity contribution is -0.139. The van der Waals surface area contributed by atoms with Gasteiger partial charge < -0.3 is 19.3 Å². The molecule has 31 heavy (non-hydrogen) atoms. The molecule has 0 bridgehead atoms. The highest BCUT2D eigenvalue weighted by Crippen LogP contribution is 2.18. The van der Waals surface area contributed by atoms with Crippen LogP contribution in [0.2, 0.25) is 0 Å². The standard InChI is InChI=1S/C23H32N4O4/c1-16-21(17(2)25(3)24-16)10-11-22(28)27-14-20(31-5)13-26(23(29)15-27)12-18-6-8-19(30-4)9-7-18/h6-9,20H,10-15H2,1-5H3/t20-/m1/s1. The van der Waals surface area contributed by atoms with E-state index in [2.05, 4.69) is 5.10 Å². The maximum atomic E-state index is 13.0. The molecule has 1 fully saturated rings. The first-order valence-corrected chi connectivity index (χ1v) is 10.5. The molecule has 0 radical (unpaired) electrons. The number of aromatic nitrogens is 2. The Balaban J connectivity index is 1.65. The van der Waals surface area contributed by atoms with E-state index >= 15 is 0 Å². The predicted molar refractivity (Wildman–Crippen MR) is 117 cm³/mol. The van der Waals surface area contributed by atoms with Crippen LogP contribution < -0.4 is 4.74 Å². The topological polar surface area (TPSA) is 76.9 Å². The molecule has 8 heteroatoms. The molecule has 1 aliphatic heterocycles. The summed E-state index contributed by atoms with van der Waals surface area (Å²) in [5.74, 6) is 0.665. The summed E-state index contributed by atoms with van der Waals surface area (Å²) >= 11 is 0. The lowest BCUT2D eigenvalue weighted by Crippen LogP contribution is -2.39. The van der Waals surface area contributed by atoms with Crippen molar-refractivity contribution >= 4 is 11.8 Å². The average Bonchev–Trinajstić information content (AvgIpc) is 2.90. The second-order valence-corrected chi connectivity index (χ2v) is 8.03. The Morgan fingerprint density at radius 2 is 1.87 bits per heavy atom. The Morgan fingerprint density at radius 1 is 1.16 bits per heavy atom. The zero-order valence-electron chi connectivity index (χ0n) is 19.1. The Morgan fingerprint density at radius 3 is 2.45 bits per heavy atom. The summed E-state index contributed by atoms with van der Waals surface area (Å²) in [7, 11) is 5.15. The predicted octanol–water partition coefficient (Wildman–Crippen LogP) is 1.86. The molecule has 1 aromatic heterocycles. The molecule has 1 saturated heterocycles. The summed E-state index contributed by atoms with van der Waals surface area (Å²) in [4.78, 5) is 29.3. The third-order valence-corrected chi connectivity index (χ3v) is 5.99. The number of amides is 2. The number of ether oxygens (including phenoxy) is 2. The van der Waals surface area contributed by atoms with Crippen LogP contribution in [0.25, 0.3) is 0 Å². The molecule has 2 heterocycles. The Hall–Kier alpha value is -2.87. The van der Waals surface area contributed by atoms with Gasteiger partial charge in [-0.25, -0.2) is 0 Å². The van der Waals surface area contributed by atoms with Crippen molar-refractivity contribution < 1.29 is 19.1 Å². The van der Waals surface area contributed by atoms with Gasteiger partial charge in [0.1, 0.15) is 5.75 Å². The molecule has 0 unspecified atom stereocenters. The molecule has 0 aliphatic carbocycles. The molecule has 1 aromatic carbocycles. The number of nitrogens with zero attached hydrogens (tertiary/aromatic N) is 4. The molecule has 0 N–H and O–H groups in total. The van der Waals surface area contributed by atoms with E-state index < -0.39 is 0 Å². The number of carbonyl (C=O) groups is 2. The highest BCUT2D eigenvalue weighted by Gasteiger charge is 2.30. The van der Waals surface area contributed by atoms with Crippen LogP contribution in [-0.4, -0.2) is 71.4 Å². The number of methoxy groups -OCH3 is 2. The number of aryl methyl sites for hydroxylation is 2. The molecule has 3 rings (SSSR count). The maximum absolute atomic E-state index is 13.0. The van der Waals surface area contributed by atoms with E-state index in [4.69, 9.17) is 9.47 Å². The van der Waals surface area contributed by atoms with Crippen LogP contribution in [0.15, 0.2) is 24.3 Å². The van der Waals surface area contributed by atoms with Crippen molar-refractivity contribution in [2.24, 2.45) is 7.05 Å². The van der Waals surface area contributed by atoms with E-state index in [9.17, 15) is 9.59 Å². The first kappa shape index (κ1) is 22.8. The summed E-state index contributed by atoms with van der Waals surface area (Å²) in [5.41, 5.74) is 4.12. The van der Waals surface area contributed by atoms with Crippen LogP contribution in [0.3, 0.4) is 0 Å². The van der Waals surface area contributed by atoms with E-state index in [-0.39, 0.29) is 24.5 Å². The summed E-state index contributed by atoms with van der Waals surface area (Å²) in [6, 6.07) is 7.65. The summed E-state index contributed by atoms with van der Waals surface area (Å²) in [5, 5.41) is 4.42. The average molecular weight is 429 g/mol. The summed E-state index contributed by atoms with van der Waals surface area (Å²) < 4.78 is 12.6. The van der Waals surface area contributed by atoms with Crippen molar-refractivity contribution in [1.29, 1.82) is 0 Å². The van der Waals surface area contributed by atoms with Gasteiger partial charge in [-0.3, -0.25) is 14.3 Å². The third-order valence-electron chi connectivity index (χ3n) is 5.99. The van der Waals surface area contributed by atoms with Gasteiger partial charge in [0.15, 0.2) is 0 Å². The molecular formula is C23H32N4O4. The van der Waals surface area contributed by atoms with Gasteiger partial charge in [-0.1, -0.05) is 12.1 Å². The quantitative estimate of drug-likeness (QED) is 0.673. The SMILES string of the molecule is COc1ccc(CN2C[C@@H](OC)CN(C(=O)CCc3c(C)nn(C)c3C)CC2=O)cc1. The molecule has 2 aromatic rings. The van der Waals surface area contributed by atoms with Crippen molar-refractivity contribution in [1.82, 2.24) is 19.6 Å². The van der Waals surface area contributed by atoms with Crippen molar-refractivity contribution in [2.75, 3.05) is 33.9 Å². The Kier molecular flexibility index (Phi) is 7.33. The van der Waals surface area contributed by atoms with Gasteiger partial charge in [0, 0.05) is 45.9 Å². The van der Waals surface area contributed by atoms with Crippen LogP contribution in [-0.2, 0) is 34.3 Å². The monoisotopic (exact) mass is 428 g/mol. The Labute approximate surface area is 183 Å². The molecule has 8 nitrogen and oxygen atoms in total. The molecule has 168 valence electrons. The van der Waals surface area contributed by atoms with Crippen LogP contribution in [0.1, 0.15) is 28.9 Å². The normalized spacial score (nSPS) is 17.1. The van der Waals surface area contributed by atoms with Crippen LogP contribution in [0.4, 0.5) is 0 Å². The lowest BCUT2D eigenvalue weighted by Gasteiger charge is -2.23. The second-order valence-electron chi connectivity index (χ2n) is 8.03. The molecule has 1 aliphatic rings. The smallest absolute Gasteiger partial charge is 0.242 e. The van der Waals surface area contributed by atoms with Gasteiger partial charge >= 0.3 is 0 Å². The van der Waals surface area contributed by atoms with Crippen molar-refractivity contribution in [3.05, 3.63) is 46.8 Å². The molecular weight excluding hydrogens is 396 g/mol. The number of benzene rings is 1. The molecule has 2 amide bonds. The molecule has 1 atom stereocenters. The molecule has 0 saturated carbocycles. The largest absolute Gasteiger partial charge is 0.497 e. The van der Waals surface area contributed by atoms with Gasteiger partial charge in [-0.2, -0.15) is 5.10 Å². The second kappa shape index (κ2) is 9.96. The number of hydrogen-bond acceptors (Lipinski definition) is 5. The van der Waals surface area contributed by atoms with E-state index in [1.54, 1.807) is 24.0 Å². The summed E-state index contributed by atoms with van der Waals surface area (Å²) in [6.45, 7) is 5.36. The van der Waals surface area contributed by atoms with Crippen molar-refractivity contribution in [3.63, 3.8) is 0 Å². The zero-order valence-corrected chi connectivity index (χ0v) is 19.1. The fourth-order valence-electron chi connectivity index (χ4n) is 3.99. The third kappa shape index (κ3) is 5.44. The van der Waals surface area contributed by atoms with Gasteiger partial charge in [0.05, 0.1) is 25.5 Å². The fourth-order valence-corrected chi connectivity index (χ4v) is 3.99. The van der Waals surface area contributed by atoms with Crippen molar-refractivity contribution in [2.45, 2.75) is 39.3 Å². The van der Waals surface area contributed by atoms with Crippen molar-refractivity contribution in [3.8, 4) is 5.75 Å². The minimum Gasteiger partial charge on any atom is -0.497 e. The highest BCUT2D eigenvalue weighted by atomic mass is 16.5. The Bertz CT molecular complexity index is 922. The van der Waals surface area contributed by atoms with Crippen LogP contribution in [0.5, 0.6) is 5.75 Å². The zero-order chi connectivity index (χ0) is 22.5. The van der Waals surface area contributed by atoms with Crippen LogP contribution >= 0.6 is 0 Å². The number of carbonyl (C=O) groups excluding carboxylic acids is 2. The first-order chi connectivity index (χ1) is 14.8. The van der Waals surface area contributed by atoms with E-state index in [1.807, 2.05) is 49.8 Å². The van der Waals surface area contributed by atoms with E-state index in [0.717, 1.165) is 28.3 Å². The first-order valence-electron chi connectivity index (χ1n) is 10.5. The van der Waals surface area contributed by atoms with Crippen LogP contribution in [0, 0.1) is 13.8 Å². The van der Waals surface area contributed by atoms with Gasteiger partial charge in [-0.05, 0) is 43.5 Å². The van der Waals surface area contributed by atoms with Gasteiger partial charge in [0.2, 0.25) is 11.8 Å². The minimum atomic E-state index is -0.226. The van der Waals surface area contributed by atoms with E-state index in [1.165, 1.54) is 0 Å². The van der Waals surface area contributed by atoms with Gasteiger partial charge in [-0.15, -0.1) is 0 Å². The number of hydrogen-bond donors (Lipinski definition) is 0. The van der Waals surface area contributed by atoms with E-state index in [0.29, 0.717) is 32.5 Å². The maximum Gasteiger partial charge on any atom is 0.242 e. The highest BCUT2D eigenvalue weighted by molar-refractivity contribution is 5.85. The molecule has 0 spiro atoms. The summed E-state index contributed by atoms with van der Waals surface area (Å²) in [6.07, 6.45) is 0.730. The number of rotatable bonds is 7.